The van der Waals surface area contributed by atoms with Crippen molar-refractivity contribution in [1.82, 2.24) is 4.98 Å². The van der Waals surface area contributed by atoms with Crippen LogP contribution in [0.1, 0.15) is 0 Å². The van der Waals surface area contributed by atoms with E-state index in [-0.39, 0.29) is 5.75 Å². The van der Waals surface area contributed by atoms with Crippen LogP contribution < -0.4 is 5.73 Å². The van der Waals surface area contributed by atoms with E-state index in [1.807, 2.05) is 24.3 Å². The highest BCUT2D eigenvalue weighted by molar-refractivity contribution is 5.66. The van der Waals surface area contributed by atoms with Crippen molar-refractivity contribution < 1.29 is 5.11 Å². The standard InChI is InChI=1S/C11H10N2O/c12-9-5-4-8(7-11(9)14)10-3-1-2-6-13-10/h1-7,14H,12H2. The van der Waals surface area contributed by atoms with Gasteiger partial charge in [0.15, 0.2) is 0 Å². The molecule has 1 aromatic heterocycles. The molecule has 0 aliphatic rings. The summed E-state index contributed by atoms with van der Waals surface area (Å²) in [6.45, 7) is 0. The minimum atomic E-state index is 0.0909. The number of nitrogens with two attached hydrogens (primary N) is 1. The third kappa shape index (κ3) is 1.52. The normalized spacial score (nSPS) is 10.0. The molecule has 0 atom stereocenters. The molecular weight excluding hydrogens is 176 g/mol. The average Bonchev–Trinajstić information content (AvgIpc) is 2.23. The Morgan fingerprint density at radius 1 is 1.14 bits per heavy atom. The highest BCUT2D eigenvalue weighted by Crippen LogP contribution is 2.26. The molecule has 2 aromatic rings. The number of rotatable bonds is 1. The van der Waals surface area contributed by atoms with Crippen LogP contribution >= 0.6 is 0 Å². The quantitative estimate of drug-likeness (QED) is 0.529. The Morgan fingerprint density at radius 3 is 2.64 bits per heavy atom. The van der Waals surface area contributed by atoms with Crippen molar-refractivity contribution in [2.24, 2.45) is 0 Å². The number of nitrogens with zero attached hydrogens (tertiary/aromatic N) is 1. The predicted molar refractivity (Wildman–Crippen MR) is 55.8 cm³/mol. The fourth-order valence-corrected chi connectivity index (χ4v) is 1.24. The molecule has 0 amide bonds. The van der Waals surface area contributed by atoms with Crippen LogP contribution in [-0.2, 0) is 0 Å². The number of aromatic nitrogens is 1. The first-order chi connectivity index (χ1) is 6.77. The number of pyridine rings is 1. The second-order valence-corrected chi connectivity index (χ2v) is 2.99. The van der Waals surface area contributed by atoms with E-state index in [1.54, 1.807) is 18.3 Å². The van der Waals surface area contributed by atoms with Gasteiger partial charge in [-0.3, -0.25) is 4.98 Å². The van der Waals surface area contributed by atoms with Gasteiger partial charge in [0.05, 0.1) is 11.4 Å². The summed E-state index contributed by atoms with van der Waals surface area (Å²) in [5.41, 5.74) is 7.56. The molecule has 3 heteroatoms. The lowest BCUT2D eigenvalue weighted by atomic mass is 10.1. The first-order valence-electron chi connectivity index (χ1n) is 4.27. The van der Waals surface area contributed by atoms with Crippen molar-refractivity contribution in [3.05, 3.63) is 42.6 Å². The van der Waals surface area contributed by atoms with Gasteiger partial charge >= 0.3 is 0 Å². The molecule has 0 saturated heterocycles. The lowest BCUT2D eigenvalue weighted by Gasteiger charge is -2.02. The van der Waals surface area contributed by atoms with Crippen molar-refractivity contribution in [3.8, 4) is 17.0 Å². The van der Waals surface area contributed by atoms with Crippen molar-refractivity contribution in [3.63, 3.8) is 0 Å². The minimum absolute atomic E-state index is 0.0909. The zero-order valence-corrected chi connectivity index (χ0v) is 7.51. The monoisotopic (exact) mass is 186 g/mol. The van der Waals surface area contributed by atoms with Crippen molar-refractivity contribution in [1.29, 1.82) is 0 Å². The molecule has 3 N–H and O–H groups in total. The summed E-state index contributed by atoms with van der Waals surface area (Å²) in [5.74, 6) is 0.0909. The van der Waals surface area contributed by atoms with Crippen molar-refractivity contribution in [2.75, 3.05) is 5.73 Å². The Labute approximate surface area is 81.8 Å². The number of benzene rings is 1. The van der Waals surface area contributed by atoms with Gasteiger partial charge in [-0.2, -0.15) is 0 Å². The van der Waals surface area contributed by atoms with Crippen LogP contribution in [0.3, 0.4) is 0 Å². The molecular formula is C11H10N2O. The number of hydrogen-bond donors (Lipinski definition) is 2. The van der Waals surface area contributed by atoms with Crippen LogP contribution in [0, 0.1) is 0 Å². The summed E-state index contributed by atoms with van der Waals surface area (Å²) in [4.78, 5) is 4.17. The second kappa shape index (κ2) is 3.38. The van der Waals surface area contributed by atoms with Gasteiger partial charge in [0.25, 0.3) is 0 Å². The van der Waals surface area contributed by atoms with Gasteiger partial charge in [-0.05, 0) is 24.3 Å². The first-order valence-corrected chi connectivity index (χ1v) is 4.27. The number of phenols is 1. The largest absolute Gasteiger partial charge is 0.506 e. The highest BCUT2D eigenvalue weighted by Gasteiger charge is 2.01. The Bertz CT molecular complexity index is 440. The van der Waals surface area contributed by atoms with E-state index in [9.17, 15) is 5.11 Å². The van der Waals surface area contributed by atoms with Crippen LogP contribution in [-0.4, -0.2) is 10.1 Å². The van der Waals surface area contributed by atoms with E-state index in [1.165, 1.54) is 0 Å². The predicted octanol–water partition coefficient (Wildman–Crippen LogP) is 2.04. The SMILES string of the molecule is Nc1ccc(-c2ccccn2)cc1O. The van der Waals surface area contributed by atoms with Crippen molar-refractivity contribution in [2.45, 2.75) is 0 Å². The summed E-state index contributed by atoms with van der Waals surface area (Å²) < 4.78 is 0. The molecule has 0 fully saturated rings. The highest BCUT2D eigenvalue weighted by atomic mass is 16.3. The Morgan fingerprint density at radius 2 is 2.00 bits per heavy atom. The third-order valence-electron chi connectivity index (χ3n) is 1.99. The number of hydrogen-bond acceptors (Lipinski definition) is 3. The maximum atomic E-state index is 9.41. The van der Waals surface area contributed by atoms with Gasteiger partial charge in [0.2, 0.25) is 0 Å². The van der Waals surface area contributed by atoms with E-state index in [0.29, 0.717) is 5.69 Å². The van der Waals surface area contributed by atoms with Crippen LogP contribution in [0.5, 0.6) is 5.75 Å². The minimum Gasteiger partial charge on any atom is -0.506 e. The van der Waals surface area contributed by atoms with Crippen LogP contribution in [0.15, 0.2) is 42.6 Å². The van der Waals surface area contributed by atoms with E-state index in [2.05, 4.69) is 4.98 Å². The molecule has 0 spiro atoms. The first kappa shape index (κ1) is 8.56. The average molecular weight is 186 g/mol. The lowest BCUT2D eigenvalue weighted by molar-refractivity contribution is 0.478. The smallest absolute Gasteiger partial charge is 0.139 e. The molecule has 1 heterocycles. The maximum absolute atomic E-state index is 9.41. The number of phenolic OH excluding ortho intramolecular Hbond substituents is 1. The van der Waals surface area contributed by atoms with E-state index >= 15 is 0 Å². The summed E-state index contributed by atoms with van der Waals surface area (Å²) in [5, 5.41) is 9.41. The van der Waals surface area contributed by atoms with Gasteiger partial charge in [-0.25, -0.2) is 0 Å². The van der Waals surface area contributed by atoms with E-state index in [4.69, 9.17) is 5.73 Å². The maximum Gasteiger partial charge on any atom is 0.139 e. The zero-order chi connectivity index (χ0) is 9.97. The lowest BCUT2D eigenvalue weighted by Crippen LogP contribution is -1.87. The molecule has 0 radical (unpaired) electrons. The van der Waals surface area contributed by atoms with Gasteiger partial charge < -0.3 is 10.8 Å². The topological polar surface area (TPSA) is 59.1 Å². The molecule has 14 heavy (non-hydrogen) atoms. The zero-order valence-electron chi connectivity index (χ0n) is 7.51. The fraction of sp³-hybridized carbons (Fsp3) is 0. The Balaban J connectivity index is 2.48. The third-order valence-corrected chi connectivity index (χ3v) is 1.99. The summed E-state index contributed by atoms with van der Waals surface area (Å²) >= 11 is 0. The second-order valence-electron chi connectivity index (χ2n) is 2.99. The fourth-order valence-electron chi connectivity index (χ4n) is 1.24. The van der Waals surface area contributed by atoms with E-state index in [0.717, 1.165) is 11.3 Å². The molecule has 0 unspecified atom stereocenters. The van der Waals surface area contributed by atoms with Gasteiger partial charge in [0, 0.05) is 11.8 Å². The summed E-state index contributed by atoms with van der Waals surface area (Å²) in [7, 11) is 0. The molecule has 3 nitrogen and oxygen atoms in total. The number of nitrogen functional groups attached to an aromatic ring is 1. The molecule has 0 aliphatic heterocycles. The summed E-state index contributed by atoms with van der Waals surface area (Å²) in [6.07, 6.45) is 1.71. The Kier molecular flexibility index (Phi) is 2.07. The van der Waals surface area contributed by atoms with Gasteiger partial charge in [-0.1, -0.05) is 12.1 Å². The number of aromatic hydroxyl groups is 1. The molecule has 0 bridgehead atoms. The van der Waals surface area contributed by atoms with Crippen LogP contribution in [0.2, 0.25) is 0 Å². The van der Waals surface area contributed by atoms with Crippen LogP contribution in [0.25, 0.3) is 11.3 Å². The molecule has 1 aromatic carbocycles. The molecule has 70 valence electrons. The van der Waals surface area contributed by atoms with E-state index < -0.39 is 0 Å². The Hall–Kier alpha value is -2.03. The molecule has 0 aliphatic carbocycles. The van der Waals surface area contributed by atoms with Gasteiger partial charge in [-0.15, -0.1) is 0 Å². The van der Waals surface area contributed by atoms with Gasteiger partial charge in [0.1, 0.15) is 5.75 Å². The van der Waals surface area contributed by atoms with Crippen LogP contribution in [0.4, 0.5) is 5.69 Å². The number of anilines is 1. The summed E-state index contributed by atoms with van der Waals surface area (Å²) in [6, 6.07) is 10.7. The molecule has 2 rings (SSSR count). The van der Waals surface area contributed by atoms with Crippen molar-refractivity contribution >= 4 is 5.69 Å². The molecule has 0 saturated carbocycles.